The van der Waals surface area contributed by atoms with Gasteiger partial charge >= 0.3 is 5.56 Å². The number of quaternary nitrogens is 1. The van der Waals surface area contributed by atoms with E-state index in [9.17, 15) is 10.0 Å². The molecular formula is C11H15N3O3. The number of fused-ring (bicyclic) bond motifs is 4. The van der Waals surface area contributed by atoms with E-state index in [4.69, 9.17) is 5.21 Å². The third kappa shape index (κ3) is 1.69. The highest BCUT2D eigenvalue weighted by Gasteiger charge is 2.31. The lowest BCUT2D eigenvalue weighted by atomic mass is 9.84. The van der Waals surface area contributed by atoms with Crippen molar-refractivity contribution in [2.75, 3.05) is 13.1 Å². The highest BCUT2D eigenvalue weighted by Crippen LogP contribution is 2.31. The lowest BCUT2D eigenvalue weighted by Gasteiger charge is -2.37. The van der Waals surface area contributed by atoms with Gasteiger partial charge in [-0.15, -0.1) is 0 Å². The Kier molecular flexibility index (Phi) is 2.52. The fourth-order valence-electron chi connectivity index (χ4n) is 2.95. The maximum absolute atomic E-state index is 12.0. The molecule has 0 aliphatic carbocycles. The van der Waals surface area contributed by atoms with Gasteiger partial charge in [0.1, 0.15) is 0 Å². The Hall–Kier alpha value is -1.21. The molecule has 3 N–H and O–H groups in total. The van der Waals surface area contributed by atoms with Crippen molar-refractivity contribution in [3.8, 4) is 0 Å². The summed E-state index contributed by atoms with van der Waals surface area (Å²) in [7, 11) is 0. The SMILES string of the molecule is O=c1c([NH+]([O-])O)ccc2n1C[C@H]1CNC[C@@H]2C1. The molecule has 0 saturated carbocycles. The van der Waals surface area contributed by atoms with Crippen LogP contribution in [-0.4, -0.2) is 22.9 Å². The number of pyridine rings is 1. The summed E-state index contributed by atoms with van der Waals surface area (Å²) in [4.78, 5) is 12.0. The monoisotopic (exact) mass is 237 g/mol. The normalized spacial score (nSPS) is 28.6. The highest BCUT2D eigenvalue weighted by atomic mass is 16.8. The summed E-state index contributed by atoms with van der Waals surface area (Å²) < 4.78 is 1.66. The molecule has 3 atom stereocenters. The summed E-state index contributed by atoms with van der Waals surface area (Å²) in [6.07, 6.45) is 1.10. The van der Waals surface area contributed by atoms with Crippen molar-refractivity contribution in [3.05, 3.63) is 33.4 Å². The Morgan fingerprint density at radius 2 is 2.29 bits per heavy atom. The maximum Gasteiger partial charge on any atom is 0.315 e. The molecule has 1 aromatic rings. The molecule has 17 heavy (non-hydrogen) atoms. The minimum Gasteiger partial charge on any atom is -0.595 e. The molecule has 2 aliphatic rings. The Morgan fingerprint density at radius 3 is 3.06 bits per heavy atom. The molecule has 1 unspecified atom stereocenters. The minimum atomic E-state index is -1.14. The van der Waals surface area contributed by atoms with Gasteiger partial charge < -0.3 is 15.1 Å². The van der Waals surface area contributed by atoms with E-state index in [1.165, 1.54) is 6.07 Å². The molecule has 2 bridgehead atoms. The lowest BCUT2D eigenvalue weighted by Crippen LogP contribution is -3.00. The maximum atomic E-state index is 12.0. The number of piperidine rings is 1. The molecule has 2 aliphatic heterocycles. The second kappa shape index (κ2) is 3.92. The van der Waals surface area contributed by atoms with Gasteiger partial charge in [-0.1, -0.05) is 0 Å². The second-order valence-corrected chi connectivity index (χ2v) is 4.85. The summed E-state index contributed by atoms with van der Waals surface area (Å²) >= 11 is 0. The Morgan fingerprint density at radius 1 is 1.47 bits per heavy atom. The molecule has 0 radical (unpaired) electrons. The van der Waals surface area contributed by atoms with Gasteiger partial charge in [0.05, 0.1) is 0 Å². The fraction of sp³-hybridized carbons (Fsp3) is 0.545. The van der Waals surface area contributed by atoms with Crippen LogP contribution in [-0.2, 0) is 6.54 Å². The summed E-state index contributed by atoms with van der Waals surface area (Å²) in [6, 6.07) is 3.23. The summed E-state index contributed by atoms with van der Waals surface area (Å²) in [5, 5.41) is 22.1. The van der Waals surface area contributed by atoms with Crippen LogP contribution in [0.4, 0.5) is 5.69 Å². The summed E-state index contributed by atoms with van der Waals surface area (Å²) in [5.74, 6) is 0.793. The van der Waals surface area contributed by atoms with E-state index in [0.29, 0.717) is 18.4 Å². The van der Waals surface area contributed by atoms with Crippen LogP contribution in [0.15, 0.2) is 16.9 Å². The van der Waals surface area contributed by atoms with Crippen molar-refractivity contribution in [1.29, 1.82) is 0 Å². The quantitative estimate of drug-likeness (QED) is 0.545. The molecule has 6 heteroatoms. The molecular weight excluding hydrogens is 222 g/mol. The van der Waals surface area contributed by atoms with Crippen molar-refractivity contribution < 1.29 is 10.4 Å². The van der Waals surface area contributed by atoms with Crippen LogP contribution in [0.25, 0.3) is 0 Å². The molecule has 0 spiro atoms. The van der Waals surface area contributed by atoms with Crippen molar-refractivity contribution >= 4 is 5.69 Å². The Bertz CT molecular complexity index is 497. The van der Waals surface area contributed by atoms with Crippen LogP contribution in [0.5, 0.6) is 0 Å². The average Bonchev–Trinajstić information content (AvgIpc) is 2.30. The van der Waals surface area contributed by atoms with Gasteiger partial charge in [0.25, 0.3) is 0 Å². The molecule has 3 rings (SSSR count). The fourth-order valence-corrected chi connectivity index (χ4v) is 2.95. The smallest absolute Gasteiger partial charge is 0.315 e. The van der Waals surface area contributed by atoms with Crippen LogP contribution in [0.2, 0.25) is 0 Å². The first-order valence-electron chi connectivity index (χ1n) is 5.84. The third-order valence-electron chi connectivity index (χ3n) is 3.74. The predicted molar refractivity (Wildman–Crippen MR) is 60.2 cm³/mol. The Balaban J connectivity index is 2.12. The molecule has 6 nitrogen and oxygen atoms in total. The van der Waals surface area contributed by atoms with E-state index in [-0.39, 0.29) is 11.2 Å². The minimum absolute atomic E-state index is 0.123. The molecule has 1 aromatic heterocycles. The van der Waals surface area contributed by atoms with Crippen LogP contribution >= 0.6 is 0 Å². The second-order valence-electron chi connectivity index (χ2n) is 4.85. The number of nitrogens with one attached hydrogen (secondary N) is 2. The standard InChI is InChI=1S/C11H15N3O3/c15-11-10(14(16)17)2-1-9-8-3-7(4-12-5-8)6-13(9)11/h1-2,7-8,12,14,16H,3-6H2/t7-,8+/m1/s1. The van der Waals surface area contributed by atoms with E-state index in [1.54, 1.807) is 10.6 Å². The van der Waals surface area contributed by atoms with E-state index < -0.39 is 5.23 Å². The third-order valence-corrected chi connectivity index (χ3v) is 3.74. The van der Waals surface area contributed by atoms with Crippen LogP contribution < -0.4 is 16.1 Å². The number of rotatable bonds is 1. The van der Waals surface area contributed by atoms with E-state index in [0.717, 1.165) is 25.2 Å². The first-order valence-corrected chi connectivity index (χ1v) is 5.84. The number of hydrogen-bond donors (Lipinski definition) is 3. The van der Waals surface area contributed by atoms with Crippen molar-refractivity contribution in [1.82, 2.24) is 9.88 Å². The topological polar surface area (TPSA) is 81.8 Å². The highest BCUT2D eigenvalue weighted by molar-refractivity contribution is 5.30. The predicted octanol–water partition coefficient (Wildman–Crippen LogP) is -1.04. The molecule has 1 saturated heterocycles. The molecule has 92 valence electrons. The number of aromatic nitrogens is 1. The molecule has 1 fully saturated rings. The van der Waals surface area contributed by atoms with Crippen molar-refractivity contribution in [3.63, 3.8) is 0 Å². The van der Waals surface area contributed by atoms with Crippen LogP contribution in [0, 0.1) is 11.1 Å². The van der Waals surface area contributed by atoms with Crippen molar-refractivity contribution in [2.24, 2.45) is 5.92 Å². The van der Waals surface area contributed by atoms with E-state index in [2.05, 4.69) is 5.32 Å². The molecule has 3 heterocycles. The van der Waals surface area contributed by atoms with Gasteiger partial charge in [-0.25, -0.2) is 5.21 Å². The zero-order chi connectivity index (χ0) is 12.0. The lowest BCUT2D eigenvalue weighted by molar-refractivity contribution is -0.992. The van der Waals surface area contributed by atoms with E-state index in [1.807, 2.05) is 0 Å². The van der Waals surface area contributed by atoms with Gasteiger partial charge in [0.15, 0.2) is 0 Å². The number of hydrogen-bond acceptors (Lipinski definition) is 4. The summed E-state index contributed by atoms with van der Waals surface area (Å²) in [6.45, 7) is 2.43. The zero-order valence-electron chi connectivity index (χ0n) is 9.35. The summed E-state index contributed by atoms with van der Waals surface area (Å²) in [5.41, 5.74) is 0.497. The van der Waals surface area contributed by atoms with Gasteiger partial charge in [-0.2, -0.15) is 5.23 Å². The zero-order valence-corrected chi connectivity index (χ0v) is 9.35. The molecule has 0 amide bonds. The molecule has 0 aromatic carbocycles. The van der Waals surface area contributed by atoms with E-state index >= 15 is 0 Å². The number of nitrogens with zero attached hydrogens (tertiary/aromatic N) is 1. The van der Waals surface area contributed by atoms with Crippen LogP contribution in [0.3, 0.4) is 0 Å². The van der Waals surface area contributed by atoms with Gasteiger partial charge in [0, 0.05) is 30.8 Å². The first kappa shape index (κ1) is 10.9. The van der Waals surface area contributed by atoms with Gasteiger partial charge in [0.2, 0.25) is 5.69 Å². The average molecular weight is 237 g/mol. The van der Waals surface area contributed by atoms with Gasteiger partial charge in [-0.3, -0.25) is 4.79 Å². The van der Waals surface area contributed by atoms with Gasteiger partial charge in [-0.05, 0) is 24.9 Å². The first-order chi connectivity index (χ1) is 8.16. The van der Waals surface area contributed by atoms with Crippen molar-refractivity contribution in [2.45, 2.75) is 18.9 Å². The Labute approximate surface area is 98.0 Å². The largest absolute Gasteiger partial charge is 0.595 e. The van der Waals surface area contributed by atoms with Crippen LogP contribution in [0.1, 0.15) is 18.0 Å².